The van der Waals surface area contributed by atoms with Gasteiger partial charge in [0.05, 0.1) is 0 Å². The number of hydrogen-bond donors (Lipinski definition) is 3. The maximum atomic E-state index is 12.4. The molecule has 0 fully saturated rings. The summed E-state index contributed by atoms with van der Waals surface area (Å²) >= 11 is 0. The summed E-state index contributed by atoms with van der Waals surface area (Å²) in [6.07, 6.45) is 7.99. The van der Waals surface area contributed by atoms with Gasteiger partial charge in [-0.05, 0) is 65.9 Å². The van der Waals surface area contributed by atoms with E-state index in [1.165, 1.54) is 6.20 Å². The molecule has 0 spiro atoms. The molecule has 1 amide bonds. The summed E-state index contributed by atoms with van der Waals surface area (Å²) in [6.45, 7) is 7.69. The Morgan fingerprint density at radius 1 is 1.19 bits per heavy atom. The lowest BCUT2D eigenvalue weighted by Gasteiger charge is -2.10. The van der Waals surface area contributed by atoms with Crippen molar-refractivity contribution in [2.45, 2.75) is 6.54 Å². The van der Waals surface area contributed by atoms with E-state index in [1.54, 1.807) is 42.5 Å². The minimum atomic E-state index is -0.202. The standard InChI is InChI=1S/C22H23N3O2/c1-3-6-19(4-2)27-20-8-5-7-16(13-20)15-25-22(26)18-9-10-21(24)17(14-18)11-12-23/h3-14H,1-2,15,23-24H2,(H,25,26)/b12-11-,19-6+. The Labute approximate surface area is 159 Å². The molecule has 0 unspecified atom stereocenters. The second kappa shape index (κ2) is 9.68. The van der Waals surface area contributed by atoms with Crippen molar-refractivity contribution >= 4 is 17.7 Å². The van der Waals surface area contributed by atoms with Crippen LogP contribution in [-0.2, 0) is 6.54 Å². The summed E-state index contributed by atoms with van der Waals surface area (Å²) in [4.78, 5) is 12.4. The van der Waals surface area contributed by atoms with Gasteiger partial charge in [0.25, 0.3) is 5.91 Å². The molecule has 5 heteroatoms. The summed E-state index contributed by atoms with van der Waals surface area (Å²) in [7, 11) is 0. The zero-order valence-electron chi connectivity index (χ0n) is 15.0. The molecule has 5 N–H and O–H groups in total. The number of carbonyl (C=O) groups excluding carboxylic acids is 1. The van der Waals surface area contributed by atoms with Crippen LogP contribution < -0.4 is 21.5 Å². The number of hydrogen-bond acceptors (Lipinski definition) is 4. The first-order valence-electron chi connectivity index (χ1n) is 8.35. The molecule has 0 saturated heterocycles. The summed E-state index contributed by atoms with van der Waals surface area (Å²) in [6, 6.07) is 12.5. The number of ether oxygens (including phenoxy) is 1. The van der Waals surface area contributed by atoms with E-state index in [4.69, 9.17) is 16.2 Å². The highest BCUT2D eigenvalue weighted by atomic mass is 16.5. The normalized spacial score (nSPS) is 11.2. The average molecular weight is 361 g/mol. The van der Waals surface area contributed by atoms with Gasteiger partial charge in [0, 0.05) is 17.8 Å². The largest absolute Gasteiger partial charge is 0.457 e. The summed E-state index contributed by atoms with van der Waals surface area (Å²) in [5.74, 6) is 1.04. The molecular weight excluding hydrogens is 338 g/mol. The number of nitrogens with one attached hydrogen (secondary N) is 1. The van der Waals surface area contributed by atoms with E-state index in [9.17, 15) is 4.79 Å². The molecule has 0 radical (unpaired) electrons. The van der Waals surface area contributed by atoms with Crippen LogP contribution in [0.3, 0.4) is 0 Å². The Bertz CT molecular complexity index is 898. The molecule has 2 aromatic rings. The average Bonchev–Trinajstić information content (AvgIpc) is 2.68. The molecule has 0 aliphatic carbocycles. The van der Waals surface area contributed by atoms with Crippen molar-refractivity contribution in [2.75, 3.05) is 5.73 Å². The fourth-order valence-corrected chi connectivity index (χ4v) is 2.36. The van der Waals surface area contributed by atoms with Gasteiger partial charge in [0.2, 0.25) is 0 Å². The van der Waals surface area contributed by atoms with Crippen LogP contribution in [0.2, 0.25) is 0 Å². The Morgan fingerprint density at radius 2 is 2.00 bits per heavy atom. The van der Waals surface area contributed by atoms with Crippen molar-refractivity contribution < 1.29 is 9.53 Å². The Balaban J connectivity index is 2.06. The monoisotopic (exact) mass is 361 g/mol. The first-order chi connectivity index (χ1) is 13.1. The third kappa shape index (κ3) is 5.64. The molecule has 2 aromatic carbocycles. The minimum absolute atomic E-state index is 0.202. The Morgan fingerprint density at radius 3 is 2.70 bits per heavy atom. The number of allylic oxidation sites excluding steroid dienone is 3. The molecule has 0 saturated carbocycles. The van der Waals surface area contributed by atoms with E-state index < -0.39 is 0 Å². The van der Waals surface area contributed by atoms with E-state index in [2.05, 4.69) is 18.5 Å². The molecule has 0 atom stereocenters. The van der Waals surface area contributed by atoms with Crippen LogP contribution in [0.25, 0.3) is 6.08 Å². The number of anilines is 1. The van der Waals surface area contributed by atoms with Crippen LogP contribution in [0.5, 0.6) is 5.75 Å². The highest BCUT2D eigenvalue weighted by Gasteiger charge is 2.08. The predicted molar refractivity (Wildman–Crippen MR) is 111 cm³/mol. The molecule has 0 aliphatic heterocycles. The molecular formula is C22H23N3O2. The second-order valence-electron chi connectivity index (χ2n) is 5.64. The van der Waals surface area contributed by atoms with E-state index in [1.807, 2.05) is 24.3 Å². The third-order valence-electron chi connectivity index (χ3n) is 3.70. The van der Waals surface area contributed by atoms with Gasteiger partial charge in [-0.25, -0.2) is 0 Å². The molecule has 0 aliphatic rings. The van der Waals surface area contributed by atoms with Gasteiger partial charge in [-0.3, -0.25) is 4.79 Å². The fraction of sp³-hybridized carbons (Fsp3) is 0.0455. The molecule has 5 nitrogen and oxygen atoms in total. The highest BCUT2D eigenvalue weighted by molar-refractivity contribution is 5.95. The number of rotatable bonds is 8. The third-order valence-corrected chi connectivity index (χ3v) is 3.70. The summed E-state index contributed by atoms with van der Waals surface area (Å²) in [5, 5.41) is 2.88. The fourth-order valence-electron chi connectivity index (χ4n) is 2.36. The van der Waals surface area contributed by atoms with Crippen molar-refractivity contribution in [3.63, 3.8) is 0 Å². The molecule has 2 rings (SSSR count). The smallest absolute Gasteiger partial charge is 0.251 e. The van der Waals surface area contributed by atoms with Crippen LogP contribution in [-0.4, -0.2) is 5.91 Å². The van der Waals surface area contributed by atoms with Gasteiger partial charge >= 0.3 is 0 Å². The number of nitrogens with two attached hydrogens (primary N) is 2. The zero-order valence-corrected chi connectivity index (χ0v) is 15.0. The molecule has 138 valence electrons. The van der Waals surface area contributed by atoms with Gasteiger partial charge < -0.3 is 21.5 Å². The van der Waals surface area contributed by atoms with Crippen LogP contribution >= 0.6 is 0 Å². The van der Waals surface area contributed by atoms with Crippen molar-refractivity contribution in [2.24, 2.45) is 5.73 Å². The number of benzene rings is 2. The number of amides is 1. The molecule has 0 bridgehead atoms. The van der Waals surface area contributed by atoms with Gasteiger partial charge in [-0.1, -0.05) is 31.4 Å². The van der Waals surface area contributed by atoms with Crippen LogP contribution in [0.4, 0.5) is 5.69 Å². The SMILES string of the molecule is C=C/C=C(\C=C)Oc1cccc(CNC(=O)c2ccc(N)c(/C=C\N)c2)c1. The maximum Gasteiger partial charge on any atom is 0.251 e. The van der Waals surface area contributed by atoms with Crippen molar-refractivity contribution in [1.29, 1.82) is 0 Å². The first-order valence-corrected chi connectivity index (χ1v) is 8.35. The van der Waals surface area contributed by atoms with E-state index in [-0.39, 0.29) is 5.91 Å². The highest BCUT2D eigenvalue weighted by Crippen LogP contribution is 2.18. The van der Waals surface area contributed by atoms with E-state index in [0.29, 0.717) is 34.9 Å². The Hall–Kier alpha value is -3.73. The molecule has 0 heterocycles. The summed E-state index contributed by atoms with van der Waals surface area (Å²) in [5.41, 5.74) is 13.9. The van der Waals surface area contributed by atoms with Crippen LogP contribution in [0, 0.1) is 0 Å². The van der Waals surface area contributed by atoms with Crippen molar-refractivity contribution in [3.8, 4) is 5.75 Å². The lowest BCUT2D eigenvalue weighted by molar-refractivity contribution is 0.0951. The van der Waals surface area contributed by atoms with Gasteiger partial charge in [0.1, 0.15) is 11.5 Å². The van der Waals surface area contributed by atoms with Crippen LogP contribution in [0.15, 0.2) is 85.8 Å². The lowest BCUT2D eigenvalue weighted by Crippen LogP contribution is -2.22. The molecule has 27 heavy (non-hydrogen) atoms. The molecule has 0 aromatic heterocycles. The quantitative estimate of drug-likeness (QED) is 0.379. The van der Waals surface area contributed by atoms with Gasteiger partial charge in [-0.2, -0.15) is 0 Å². The minimum Gasteiger partial charge on any atom is -0.457 e. The van der Waals surface area contributed by atoms with Gasteiger partial charge in [0.15, 0.2) is 0 Å². The number of carbonyl (C=O) groups is 1. The topological polar surface area (TPSA) is 90.4 Å². The first kappa shape index (κ1) is 19.6. The van der Waals surface area contributed by atoms with E-state index >= 15 is 0 Å². The Kier molecular flexibility index (Phi) is 7.02. The summed E-state index contributed by atoms with van der Waals surface area (Å²) < 4.78 is 5.72. The zero-order chi connectivity index (χ0) is 19.6. The van der Waals surface area contributed by atoms with Crippen molar-refractivity contribution in [3.05, 3.63) is 102 Å². The van der Waals surface area contributed by atoms with E-state index in [0.717, 1.165) is 5.56 Å². The maximum absolute atomic E-state index is 12.4. The second-order valence-corrected chi connectivity index (χ2v) is 5.64. The number of nitrogen functional groups attached to an aromatic ring is 1. The predicted octanol–water partition coefficient (Wildman–Crippen LogP) is 3.76. The van der Waals surface area contributed by atoms with Crippen molar-refractivity contribution in [1.82, 2.24) is 5.32 Å². The lowest BCUT2D eigenvalue weighted by atomic mass is 10.1. The van der Waals surface area contributed by atoms with Crippen LogP contribution in [0.1, 0.15) is 21.5 Å². The van der Waals surface area contributed by atoms with Gasteiger partial charge in [-0.15, -0.1) is 0 Å².